The molecule has 10 nitrogen and oxygen atoms in total. The van der Waals surface area contributed by atoms with E-state index in [0.29, 0.717) is 5.56 Å². The topological polar surface area (TPSA) is 190 Å². The molecular weight excluding hydrogens is 420 g/mol. The number of hydrogen-bond donors (Lipinski definition) is 7. The number of fused-ring (bicyclic) bond motifs is 1. The number of aliphatic hydroxyl groups excluding tert-OH is 3. The van der Waals surface area contributed by atoms with Crippen LogP contribution in [0.25, 0.3) is 5.76 Å². The molecule has 0 saturated heterocycles. The summed E-state index contributed by atoms with van der Waals surface area (Å²) in [7, 11) is 1.32. The quantitative estimate of drug-likeness (QED) is 0.188. The zero-order valence-electron chi connectivity index (χ0n) is 17.8. The van der Waals surface area contributed by atoms with Crippen LogP contribution in [0.1, 0.15) is 37.3 Å². The third-order valence-corrected chi connectivity index (χ3v) is 6.19. The lowest BCUT2D eigenvalue weighted by Gasteiger charge is -2.47. The normalized spacial score (nSPS) is 29.9. The van der Waals surface area contributed by atoms with Crippen molar-refractivity contribution in [2.45, 2.75) is 43.9 Å². The summed E-state index contributed by atoms with van der Waals surface area (Å²) in [5.41, 5.74) is 1.29. The van der Waals surface area contributed by atoms with Crippen LogP contribution < -0.4 is 11.1 Å². The van der Waals surface area contributed by atoms with Crippen molar-refractivity contribution in [2.24, 2.45) is 11.7 Å². The molecule has 0 spiro atoms. The summed E-state index contributed by atoms with van der Waals surface area (Å²) in [4.78, 5) is 37.9. The van der Waals surface area contributed by atoms with Crippen LogP contribution in [0.2, 0.25) is 0 Å². The molecule has 4 atom stereocenters. The average Bonchev–Trinajstić information content (AvgIpc) is 2.71. The SMILES string of the molecule is CN[C@@H]1C(=O)C(C(N)=O)=C(O)[C@@]2(O)C(=O)C(=C(O)c3c(O)cccc3C(C)C)C[C@H](O)C12. The fourth-order valence-electron chi connectivity index (χ4n) is 4.64. The van der Waals surface area contributed by atoms with E-state index >= 15 is 0 Å². The molecule has 8 N–H and O–H groups in total. The summed E-state index contributed by atoms with van der Waals surface area (Å²) >= 11 is 0. The van der Waals surface area contributed by atoms with Gasteiger partial charge in [0.2, 0.25) is 5.78 Å². The molecule has 2 aliphatic carbocycles. The molecule has 0 radical (unpaired) electrons. The molecule has 1 unspecified atom stereocenters. The van der Waals surface area contributed by atoms with Crippen LogP contribution in [-0.2, 0) is 14.4 Å². The number of Topliss-reactive ketones (excluding diaryl/α,β-unsaturated/α-hetero) is 2. The van der Waals surface area contributed by atoms with E-state index in [-0.39, 0.29) is 17.2 Å². The van der Waals surface area contributed by atoms with Crippen LogP contribution in [-0.4, -0.2) is 67.8 Å². The van der Waals surface area contributed by atoms with E-state index < -0.39 is 70.2 Å². The van der Waals surface area contributed by atoms with Gasteiger partial charge < -0.3 is 36.6 Å². The van der Waals surface area contributed by atoms with Gasteiger partial charge in [0.1, 0.15) is 22.8 Å². The predicted molar refractivity (Wildman–Crippen MR) is 113 cm³/mol. The van der Waals surface area contributed by atoms with Crippen molar-refractivity contribution in [3.63, 3.8) is 0 Å². The lowest BCUT2D eigenvalue weighted by atomic mass is 9.61. The summed E-state index contributed by atoms with van der Waals surface area (Å²) < 4.78 is 0. The van der Waals surface area contributed by atoms with Crippen molar-refractivity contribution in [1.82, 2.24) is 5.32 Å². The predicted octanol–water partition coefficient (Wildman–Crippen LogP) is -0.0662. The summed E-state index contributed by atoms with van der Waals surface area (Å²) in [6.45, 7) is 3.60. The van der Waals surface area contributed by atoms with Gasteiger partial charge in [-0.25, -0.2) is 0 Å². The molecule has 32 heavy (non-hydrogen) atoms. The van der Waals surface area contributed by atoms with Gasteiger partial charge in [0.05, 0.1) is 23.6 Å². The molecule has 1 amide bonds. The number of amides is 1. The molecule has 1 aromatic rings. The number of aromatic hydroxyl groups is 1. The first kappa shape index (κ1) is 23.5. The van der Waals surface area contributed by atoms with E-state index in [1.54, 1.807) is 26.0 Å². The van der Waals surface area contributed by atoms with Crippen molar-refractivity contribution in [1.29, 1.82) is 0 Å². The van der Waals surface area contributed by atoms with Gasteiger partial charge in [0.15, 0.2) is 11.4 Å². The second-order valence-corrected chi connectivity index (χ2v) is 8.33. The average molecular weight is 446 g/mol. The number of nitrogens with one attached hydrogen (secondary N) is 1. The van der Waals surface area contributed by atoms with Crippen molar-refractivity contribution >= 4 is 23.2 Å². The molecule has 2 aliphatic rings. The van der Waals surface area contributed by atoms with E-state index in [0.717, 1.165) is 0 Å². The lowest BCUT2D eigenvalue weighted by Crippen LogP contribution is -2.68. The minimum absolute atomic E-state index is 0.0595. The molecule has 0 aliphatic heterocycles. The molecular formula is C22H26N2O8. The van der Waals surface area contributed by atoms with E-state index in [2.05, 4.69) is 5.32 Å². The van der Waals surface area contributed by atoms with Gasteiger partial charge in [-0.15, -0.1) is 0 Å². The Morgan fingerprint density at radius 2 is 1.88 bits per heavy atom. The highest BCUT2D eigenvalue weighted by molar-refractivity contribution is 6.24. The Labute approximate surface area is 183 Å². The number of primary amides is 1. The van der Waals surface area contributed by atoms with Gasteiger partial charge in [-0.3, -0.25) is 14.4 Å². The summed E-state index contributed by atoms with van der Waals surface area (Å²) in [6.07, 6.45) is -2.06. The molecule has 172 valence electrons. The highest BCUT2D eigenvalue weighted by Gasteiger charge is 2.64. The van der Waals surface area contributed by atoms with Crippen molar-refractivity contribution in [2.75, 3.05) is 7.05 Å². The number of aliphatic hydroxyl groups is 4. The number of ketones is 2. The summed E-state index contributed by atoms with van der Waals surface area (Å²) in [5.74, 6) is -7.56. The molecule has 0 aromatic heterocycles. The molecule has 10 heteroatoms. The van der Waals surface area contributed by atoms with E-state index in [9.17, 15) is 39.9 Å². The number of likely N-dealkylation sites (N-methyl/N-ethyl adjacent to an activating group) is 1. The molecule has 0 heterocycles. The first-order valence-electron chi connectivity index (χ1n) is 10.0. The monoisotopic (exact) mass is 446 g/mol. The Bertz CT molecular complexity index is 1070. The van der Waals surface area contributed by atoms with Gasteiger partial charge in [0, 0.05) is 12.0 Å². The van der Waals surface area contributed by atoms with Crippen LogP contribution in [0.15, 0.2) is 35.1 Å². The zero-order valence-corrected chi connectivity index (χ0v) is 17.8. The maximum atomic E-state index is 13.4. The third-order valence-electron chi connectivity index (χ3n) is 6.19. The van der Waals surface area contributed by atoms with Gasteiger partial charge in [-0.2, -0.15) is 0 Å². The van der Waals surface area contributed by atoms with Gasteiger partial charge >= 0.3 is 0 Å². The first-order valence-corrected chi connectivity index (χ1v) is 10.0. The van der Waals surface area contributed by atoms with Crippen LogP contribution >= 0.6 is 0 Å². The van der Waals surface area contributed by atoms with Gasteiger partial charge in [-0.05, 0) is 24.6 Å². The second kappa shape index (κ2) is 8.05. The Balaban J connectivity index is 2.31. The molecule has 1 aromatic carbocycles. The van der Waals surface area contributed by atoms with Crippen molar-refractivity contribution in [3.8, 4) is 5.75 Å². The Morgan fingerprint density at radius 3 is 2.41 bits per heavy atom. The van der Waals surface area contributed by atoms with Crippen LogP contribution in [0, 0.1) is 5.92 Å². The van der Waals surface area contributed by atoms with E-state index in [4.69, 9.17) is 5.73 Å². The first-order chi connectivity index (χ1) is 14.9. The largest absolute Gasteiger partial charge is 0.508 e. The van der Waals surface area contributed by atoms with Crippen molar-refractivity contribution in [3.05, 3.63) is 46.2 Å². The maximum absolute atomic E-state index is 13.4. The van der Waals surface area contributed by atoms with Crippen LogP contribution in [0.5, 0.6) is 5.75 Å². The summed E-state index contributed by atoms with van der Waals surface area (Å²) in [5, 5.41) is 56.7. The van der Waals surface area contributed by atoms with Crippen molar-refractivity contribution < 1.29 is 39.9 Å². The number of phenols is 1. The minimum atomic E-state index is -2.91. The Hall–Kier alpha value is -3.21. The number of benzene rings is 1. The number of nitrogens with two attached hydrogens (primary N) is 1. The zero-order chi connectivity index (χ0) is 24.1. The van der Waals surface area contributed by atoms with E-state index in [1.807, 2.05) is 0 Å². The number of phenolic OH excluding ortho intramolecular Hbond substituents is 1. The molecule has 1 fully saturated rings. The minimum Gasteiger partial charge on any atom is -0.508 e. The maximum Gasteiger partial charge on any atom is 0.255 e. The smallest absolute Gasteiger partial charge is 0.255 e. The summed E-state index contributed by atoms with van der Waals surface area (Å²) in [6, 6.07) is 3.09. The number of rotatable bonds is 4. The van der Waals surface area contributed by atoms with Crippen LogP contribution in [0.4, 0.5) is 0 Å². The van der Waals surface area contributed by atoms with Crippen LogP contribution in [0.3, 0.4) is 0 Å². The van der Waals surface area contributed by atoms with Gasteiger partial charge in [0.25, 0.3) is 5.91 Å². The highest BCUT2D eigenvalue weighted by atomic mass is 16.4. The standard InChI is InChI=1S/C22H26N2O8/c1-8(2)9-5-4-6-11(25)13(9)17(27)10-7-12(26)15-16(24-3)18(28)14(21(23)31)20(30)22(15,32)19(10)29/h4-6,8,12,15-16,24-27,30,32H,7H2,1-3H3,(H2,23,31)/t12-,15?,16-,22-/m0/s1. The number of carbonyl (C=O) groups excluding carboxylic acids is 3. The molecule has 0 bridgehead atoms. The number of carbonyl (C=O) groups is 3. The molecule has 1 saturated carbocycles. The third kappa shape index (κ3) is 3.19. The lowest BCUT2D eigenvalue weighted by molar-refractivity contribution is -0.158. The highest BCUT2D eigenvalue weighted by Crippen LogP contribution is 2.47. The fraction of sp³-hybridized carbons (Fsp3) is 0.409. The van der Waals surface area contributed by atoms with E-state index in [1.165, 1.54) is 13.1 Å². The Morgan fingerprint density at radius 1 is 1.25 bits per heavy atom. The second-order valence-electron chi connectivity index (χ2n) is 8.33. The Kier molecular flexibility index (Phi) is 5.90. The van der Waals surface area contributed by atoms with Gasteiger partial charge in [-0.1, -0.05) is 26.0 Å². The molecule has 3 rings (SSSR count). The number of hydrogen-bond acceptors (Lipinski definition) is 9. The fourth-order valence-corrected chi connectivity index (χ4v) is 4.64.